The summed E-state index contributed by atoms with van der Waals surface area (Å²) in [5, 5.41) is 11.8. The van der Waals surface area contributed by atoms with Gasteiger partial charge in [0.2, 0.25) is 0 Å². The van der Waals surface area contributed by atoms with Crippen LogP contribution in [0.15, 0.2) is 30.5 Å². The Kier molecular flexibility index (Phi) is 4.14. The Labute approximate surface area is 159 Å². The molecule has 28 heavy (non-hydrogen) atoms. The number of pyridine rings is 1. The van der Waals surface area contributed by atoms with Gasteiger partial charge < -0.3 is 10.1 Å². The largest absolute Gasteiger partial charge is 0.358 e. The first-order valence-electron chi connectivity index (χ1n) is 8.88. The Morgan fingerprint density at radius 2 is 1.82 bits per heavy atom. The smallest absolute Gasteiger partial charge is 0.342 e. The number of rotatable bonds is 5. The van der Waals surface area contributed by atoms with Crippen molar-refractivity contribution >= 4 is 28.5 Å². The van der Waals surface area contributed by atoms with Crippen LogP contribution in [0.3, 0.4) is 0 Å². The van der Waals surface area contributed by atoms with Gasteiger partial charge in [0, 0.05) is 12.3 Å². The number of nitro groups is 1. The van der Waals surface area contributed by atoms with E-state index in [2.05, 4.69) is 9.97 Å². The van der Waals surface area contributed by atoms with Gasteiger partial charge in [0.15, 0.2) is 5.82 Å². The highest BCUT2D eigenvalue weighted by Crippen LogP contribution is 2.32. The zero-order valence-corrected chi connectivity index (χ0v) is 15.4. The molecule has 3 aromatic rings. The molecule has 142 valence electrons. The highest BCUT2D eigenvalue weighted by Gasteiger charge is 2.39. The molecule has 9 nitrogen and oxygen atoms in total. The van der Waals surface area contributed by atoms with Gasteiger partial charge in [-0.3, -0.25) is 19.5 Å². The number of aromatic nitrogens is 3. The molecule has 0 saturated heterocycles. The molecule has 3 heterocycles. The lowest BCUT2D eigenvalue weighted by atomic mass is 10.0. The van der Waals surface area contributed by atoms with Crippen LogP contribution >= 0.6 is 0 Å². The highest BCUT2D eigenvalue weighted by atomic mass is 16.6. The number of para-hydroxylation sites is 1. The lowest BCUT2D eigenvalue weighted by Crippen LogP contribution is -2.33. The molecule has 9 heteroatoms. The lowest BCUT2D eigenvalue weighted by molar-refractivity contribution is -0.392. The Hall–Kier alpha value is -3.62. The lowest BCUT2D eigenvalue weighted by Gasteiger charge is -2.13. The molecule has 0 unspecified atom stereocenters. The SMILES string of the molecule is CCc1nc2ccccc2c2c1C(=O)N(CCn1c([N+](=O)[O-])cnc1C)C2=O. The van der Waals surface area contributed by atoms with E-state index in [9.17, 15) is 19.7 Å². The van der Waals surface area contributed by atoms with Crippen molar-refractivity contribution in [2.75, 3.05) is 6.54 Å². The maximum absolute atomic E-state index is 13.1. The molecule has 1 aliphatic rings. The summed E-state index contributed by atoms with van der Waals surface area (Å²) in [6.45, 7) is 3.64. The number of hydrogen-bond donors (Lipinski definition) is 0. The van der Waals surface area contributed by atoms with Gasteiger partial charge in [-0.15, -0.1) is 0 Å². The number of hydrogen-bond acceptors (Lipinski definition) is 6. The molecule has 0 N–H and O–H groups in total. The minimum atomic E-state index is -0.533. The molecule has 0 fully saturated rings. The number of benzene rings is 1. The molecule has 1 aliphatic heterocycles. The summed E-state index contributed by atoms with van der Waals surface area (Å²) in [5.74, 6) is -0.524. The van der Waals surface area contributed by atoms with Crippen LogP contribution < -0.4 is 0 Å². The molecule has 2 aromatic heterocycles. The van der Waals surface area contributed by atoms with Crippen LogP contribution in [0, 0.1) is 17.0 Å². The molecule has 0 spiro atoms. The minimum Gasteiger partial charge on any atom is -0.358 e. The van der Waals surface area contributed by atoms with Crippen molar-refractivity contribution in [1.82, 2.24) is 19.4 Å². The number of nitrogens with zero attached hydrogens (tertiary/aromatic N) is 5. The summed E-state index contributed by atoms with van der Waals surface area (Å²) in [4.78, 5) is 46.3. The van der Waals surface area contributed by atoms with Crippen molar-refractivity contribution < 1.29 is 14.5 Å². The van der Waals surface area contributed by atoms with Crippen LogP contribution in [0.5, 0.6) is 0 Å². The first-order valence-corrected chi connectivity index (χ1v) is 8.88. The molecule has 0 atom stereocenters. The van der Waals surface area contributed by atoms with Gasteiger partial charge in [-0.05, 0) is 17.4 Å². The number of imide groups is 1. The van der Waals surface area contributed by atoms with Crippen LogP contribution in [-0.2, 0) is 13.0 Å². The van der Waals surface area contributed by atoms with Crippen LogP contribution in [0.4, 0.5) is 5.82 Å². The van der Waals surface area contributed by atoms with E-state index in [0.717, 1.165) is 4.90 Å². The zero-order valence-electron chi connectivity index (χ0n) is 15.4. The Balaban J connectivity index is 1.72. The average Bonchev–Trinajstić information content (AvgIpc) is 3.17. The van der Waals surface area contributed by atoms with Gasteiger partial charge in [0.25, 0.3) is 11.8 Å². The molecule has 0 aliphatic carbocycles. The summed E-state index contributed by atoms with van der Waals surface area (Å²) in [7, 11) is 0. The van der Waals surface area contributed by atoms with Crippen LogP contribution in [0.1, 0.15) is 39.2 Å². The van der Waals surface area contributed by atoms with E-state index in [0.29, 0.717) is 40.0 Å². The van der Waals surface area contributed by atoms with Gasteiger partial charge in [0.05, 0.1) is 28.9 Å². The standard InChI is InChI=1S/C19H17N5O4/c1-3-13-17-16(12-6-4-5-7-14(12)21-13)18(25)23(19(17)26)9-8-22-11(2)20-10-15(22)24(27)28/h4-7,10H,3,8-9H2,1-2H3. The fourth-order valence-electron chi connectivity index (χ4n) is 3.61. The van der Waals surface area contributed by atoms with Crippen molar-refractivity contribution in [3.8, 4) is 0 Å². The van der Waals surface area contributed by atoms with Crippen molar-refractivity contribution in [2.24, 2.45) is 0 Å². The Bertz CT molecular complexity index is 1150. The summed E-state index contributed by atoms with van der Waals surface area (Å²) >= 11 is 0. The number of fused-ring (bicyclic) bond motifs is 3. The van der Waals surface area contributed by atoms with Gasteiger partial charge in [-0.25, -0.2) is 9.55 Å². The summed E-state index contributed by atoms with van der Waals surface area (Å²) < 4.78 is 1.39. The third-order valence-corrected chi connectivity index (χ3v) is 4.99. The second-order valence-electron chi connectivity index (χ2n) is 6.51. The maximum Gasteiger partial charge on any atom is 0.342 e. The van der Waals surface area contributed by atoms with Gasteiger partial charge in [0.1, 0.15) is 12.7 Å². The molecule has 4 rings (SSSR count). The van der Waals surface area contributed by atoms with E-state index in [1.165, 1.54) is 10.8 Å². The number of amides is 2. The van der Waals surface area contributed by atoms with Crippen molar-refractivity contribution in [3.05, 3.63) is 63.2 Å². The molecule has 0 bridgehead atoms. The Morgan fingerprint density at radius 1 is 1.11 bits per heavy atom. The predicted octanol–water partition coefficient (Wildman–Crippen LogP) is 2.51. The van der Waals surface area contributed by atoms with E-state index in [1.807, 2.05) is 19.1 Å². The van der Waals surface area contributed by atoms with Crippen molar-refractivity contribution in [1.29, 1.82) is 0 Å². The molecule has 0 saturated carbocycles. The molecule has 1 aromatic carbocycles. The predicted molar refractivity (Wildman–Crippen MR) is 100 cm³/mol. The average molecular weight is 379 g/mol. The fraction of sp³-hybridized carbons (Fsp3) is 0.263. The second-order valence-corrected chi connectivity index (χ2v) is 6.51. The van der Waals surface area contributed by atoms with E-state index < -0.39 is 16.7 Å². The summed E-state index contributed by atoms with van der Waals surface area (Å²) in [6.07, 6.45) is 1.69. The van der Waals surface area contributed by atoms with E-state index in [4.69, 9.17) is 0 Å². The van der Waals surface area contributed by atoms with E-state index in [-0.39, 0.29) is 18.9 Å². The minimum absolute atomic E-state index is 0.0157. The zero-order chi connectivity index (χ0) is 20.0. The molecule has 0 radical (unpaired) electrons. The molecular formula is C19H17N5O4. The summed E-state index contributed by atoms with van der Waals surface area (Å²) in [5.41, 5.74) is 1.95. The van der Waals surface area contributed by atoms with Crippen LogP contribution in [0.2, 0.25) is 0 Å². The van der Waals surface area contributed by atoms with Gasteiger partial charge >= 0.3 is 5.82 Å². The second kappa shape index (κ2) is 6.52. The van der Waals surface area contributed by atoms with E-state index >= 15 is 0 Å². The maximum atomic E-state index is 13.1. The van der Waals surface area contributed by atoms with Crippen LogP contribution in [0.25, 0.3) is 10.9 Å². The number of carbonyl (C=O) groups excluding carboxylic acids is 2. The van der Waals surface area contributed by atoms with Crippen LogP contribution in [-0.4, -0.2) is 42.7 Å². The third-order valence-electron chi connectivity index (χ3n) is 4.99. The normalized spacial score (nSPS) is 13.4. The fourth-order valence-corrected chi connectivity index (χ4v) is 3.61. The number of carbonyl (C=O) groups is 2. The topological polar surface area (TPSA) is 111 Å². The van der Waals surface area contributed by atoms with Crippen molar-refractivity contribution in [3.63, 3.8) is 0 Å². The molecule has 2 amide bonds. The first-order chi connectivity index (χ1) is 13.4. The first kappa shape index (κ1) is 17.8. The highest BCUT2D eigenvalue weighted by molar-refractivity contribution is 6.26. The quantitative estimate of drug-likeness (QED) is 0.382. The van der Waals surface area contributed by atoms with E-state index in [1.54, 1.807) is 19.1 Å². The van der Waals surface area contributed by atoms with Gasteiger partial charge in [-0.2, -0.15) is 0 Å². The number of aryl methyl sites for hydroxylation is 2. The number of imidazole rings is 1. The monoisotopic (exact) mass is 379 g/mol. The Morgan fingerprint density at radius 3 is 2.54 bits per heavy atom. The van der Waals surface area contributed by atoms with Gasteiger partial charge in [-0.1, -0.05) is 25.1 Å². The molecular weight excluding hydrogens is 362 g/mol. The summed E-state index contributed by atoms with van der Waals surface area (Å²) in [6, 6.07) is 7.23. The van der Waals surface area contributed by atoms with Crippen molar-refractivity contribution in [2.45, 2.75) is 26.8 Å². The third kappa shape index (κ3) is 2.55.